The van der Waals surface area contributed by atoms with Crippen molar-refractivity contribution in [2.45, 2.75) is 6.92 Å². The first kappa shape index (κ1) is 9.16. The van der Waals surface area contributed by atoms with Crippen molar-refractivity contribution >= 4 is 17.1 Å². The summed E-state index contributed by atoms with van der Waals surface area (Å²) < 4.78 is 0. The van der Waals surface area contributed by atoms with E-state index in [0.29, 0.717) is 0 Å². The third-order valence-electron chi connectivity index (χ3n) is 2.03. The summed E-state index contributed by atoms with van der Waals surface area (Å²) in [6.07, 6.45) is 0. The second kappa shape index (κ2) is 3.76. The fraction of sp³-hybridized carbons (Fsp3) is 0.0833. The molecule has 0 fully saturated rings. The van der Waals surface area contributed by atoms with Gasteiger partial charge in [-0.2, -0.15) is 0 Å². The van der Waals surface area contributed by atoms with Gasteiger partial charge in [0.25, 0.3) is 0 Å². The average Bonchev–Trinajstić information content (AvgIpc) is 2.71. The maximum Gasteiger partial charge on any atom is 0.159 e. The van der Waals surface area contributed by atoms with Crippen molar-refractivity contribution in [1.82, 2.24) is 0 Å². The molecule has 0 aliphatic rings. The van der Waals surface area contributed by atoms with Gasteiger partial charge in [0.2, 0.25) is 0 Å². The molecule has 0 bridgehead atoms. The Morgan fingerprint density at radius 3 is 2.86 bits per heavy atom. The van der Waals surface area contributed by atoms with E-state index in [1.807, 2.05) is 36.4 Å². The molecule has 14 heavy (non-hydrogen) atoms. The molecular formula is C12H9OS. The topological polar surface area (TPSA) is 17.1 Å². The van der Waals surface area contributed by atoms with E-state index >= 15 is 0 Å². The van der Waals surface area contributed by atoms with Crippen LogP contribution in [0.2, 0.25) is 0 Å². The highest BCUT2D eigenvalue weighted by atomic mass is 32.1. The summed E-state index contributed by atoms with van der Waals surface area (Å²) in [4.78, 5) is 12.3. The van der Waals surface area contributed by atoms with E-state index in [-0.39, 0.29) is 5.78 Å². The molecule has 0 aliphatic carbocycles. The summed E-state index contributed by atoms with van der Waals surface area (Å²) >= 11 is 1.56. The van der Waals surface area contributed by atoms with Crippen LogP contribution in [0.5, 0.6) is 0 Å². The third-order valence-corrected chi connectivity index (χ3v) is 2.87. The fourth-order valence-corrected chi connectivity index (χ4v) is 1.93. The molecule has 1 radical (unpaired) electrons. The van der Waals surface area contributed by atoms with Gasteiger partial charge in [0, 0.05) is 15.8 Å². The molecule has 1 aromatic heterocycles. The van der Waals surface area contributed by atoms with Crippen molar-refractivity contribution in [3.8, 4) is 10.4 Å². The zero-order chi connectivity index (χ0) is 9.97. The van der Waals surface area contributed by atoms with Crippen LogP contribution in [0.3, 0.4) is 0 Å². The lowest BCUT2D eigenvalue weighted by atomic mass is 10.1. The number of hydrogen-bond donors (Lipinski definition) is 0. The minimum Gasteiger partial charge on any atom is -0.295 e. The van der Waals surface area contributed by atoms with Crippen molar-refractivity contribution in [3.63, 3.8) is 0 Å². The number of thiophene rings is 1. The standard InChI is InChI=1S/C12H9OS/c1-9(13)10-4-2-5-11(8-10)12-6-3-7-14-12/h2-6,8H,1H3. The van der Waals surface area contributed by atoms with Gasteiger partial charge in [-0.1, -0.05) is 18.2 Å². The summed E-state index contributed by atoms with van der Waals surface area (Å²) in [5.74, 6) is 0.104. The van der Waals surface area contributed by atoms with Crippen LogP contribution in [0.15, 0.2) is 36.4 Å². The van der Waals surface area contributed by atoms with Gasteiger partial charge in [-0.05, 0) is 30.7 Å². The minimum atomic E-state index is 0.104. The van der Waals surface area contributed by atoms with Crippen LogP contribution >= 0.6 is 11.3 Å². The molecule has 0 unspecified atom stereocenters. The summed E-state index contributed by atoms with van der Waals surface area (Å²) in [6, 6.07) is 11.6. The first-order chi connectivity index (χ1) is 6.77. The Hall–Kier alpha value is -1.41. The van der Waals surface area contributed by atoms with Crippen molar-refractivity contribution in [2.24, 2.45) is 0 Å². The lowest BCUT2D eigenvalue weighted by molar-refractivity contribution is 0.101. The molecule has 0 aliphatic heterocycles. The zero-order valence-electron chi connectivity index (χ0n) is 7.78. The van der Waals surface area contributed by atoms with Crippen molar-refractivity contribution in [2.75, 3.05) is 0 Å². The Morgan fingerprint density at radius 1 is 1.36 bits per heavy atom. The van der Waals surface area contributed by atoms with Crippen LogP contribution in [0.25, 0.3) is 10.4 Å². The van der Waals surface area contributed by atoms with Gasteiger partial charge in [0.1, 0.15) is 0 Å². The summed E-state index contributed by atoms with van der Waals surface area (Å²) in [5, 5.41) is 3.03. The van der Waals surface area contributed by atoms with Crippen molar-refractivity contribution < 1.29 is 4.79 Å². The van der Waals surface area contributed by atoms with Crippen LogP contribution in [0, 0.1) is 5.38 Å². The van der Waals surface area contributed by atoms with Crippen LogP contribution in [0.4, 0.5) is 0 Å². The molecule has 0 saturated carbocycles. The number of ketones is 1. The van der Waals surface area contributed by atoms with E-state index in [1.54, 1.807) is 18.3 Å². The maximum atomic E-state index is 11.2. The van der Waals surface area contributed by atoms with Gasteiger partial charge in [-0.25, -0.2) is 0 Å². The fourth-order valence-electron chi connectivity index (χ4n) is 1.29. The molecule has 1 aromatic carbocycles. The maximum absolute atomic E-state index is 11.2. The Labute approximate surface area is 87.0 Å². The lowest BCUT2D eigenvalue weighted by Crippen LogP contribution is -1.90. The van der Waals surface area contributed by atoms with E-state index in [4.69, 9.17) is 0 Å². The Bertz CT molecular complexity index is 443. The van der Waals surface area contributed by atoms with Crippen molar-refractivity contribution in [1.29, 1.82) is 0 Å². The molecule has 1 nitrogen and oxygen atoms in total. The molecule has 1 heterocycles. The number of carbonyl (C=O) groups excluding carboxylic acids is 1. The third kappa shape index (κ3) is 1.75. The van der Waals surface area contributed by atoms with Crippen LogP contribution in [-0.4, -0.2) is 5.78 Å². The van der Waals surface area contributed by atoms with Gasteiger partial charge in [0.15, 0.2) is 5.78 Å². The number of benzene rings is 1. The van der Waals surface area contributed by atoms with Crippen LogP contribution < -0.4 is 0 Å². The number of hydrogen-bond acceptors (Lipinski definition) is 2. The SMILES string of the molecule is CC(=O)c1cccc(-c2cc[c]s2)c1. The normalized spacial score (nSPS) is 10.1. The highest BCUT2D eigenvalue weighted by Crippen LogP contribution is 2.24. The Balaban J connectivity index is 2.46. The summed E-state index contributed by atoms with van der Waals surface area (Å²) in [7, 11) is 0. The molecule has 0 spiro atoms. The summed E-state index contributed by atoms with van der Waals surface area (Å²) in [5.41, 5.74) is 1.85. The van der Waals surface area contributed by atoms with Gasteiger partial charge in [-0.3, -0.25) is 4.79 Å². The molecule has 2 heteroatoms. The molecule has 2 aromatic rings. The van der Waals surface area contributed by atoms with Gasteiger partial charge in [-0.15, -0.1) is 11.3 Å². The molecule has 69 valence electrons. The first-order valence-corrected chi connectivity index (χ1v) is 5.16. The molecule has 0 saturated heterocycles. The number of Topliss-reactive ketones (excluding diaryl/α,β-unsaturated/α-hetero) is 1. The Morgan fingerprint density at radius 2 is 2.21 bits per heavy atom. The molecule has 0 amide bonds. The number of carbonyl (C=O) groups is 1. The minimum absolute atomic E-state index is 0.104. The molecule has 0 atom stereocenters. The highest BCUT2D eigenvalue weighted by Gasteiger charge is 2.02. The average molecular weight is 201 g/mol. The molecule has 2 rings (SSSR count). The summed E-state index contributed by atoms with van der Waals surface area (Å²) in [6.45, 7) is 1.58. The Kier molecular flexibility index (Phi) is 2.46. The molecular weight excluding hydrogens is 192 g/mol. The first-order valence-electron chi connectivity index (χ1n) is 4.34. The largest absolute Gasteiger partial charge is 0.295 e. The van der Waals surface area contributed by atoms with E-state index in [9.17, 15) is 4.79 Å². The van der Waals surface area contributed by atoms with Gasteiger partial charge < -0.3 is 0 Å². The van der Waals surface area contributed by atoms with Gasteiger partial charge >= 0.3 is 0 Å². The number of rotatable bonds is 2. The predicted octanol–water partition coefficient (Wildman–Crippen LogP) is 3.42. The zero-order valence-corrected chi connectivity index (χ0v) is 8.60. The molecule has 0 N–H and O–H groups in total. The van der Waals surface area contributed by atoms with E-state index < -0.39 is 0 Å². The van der Waals surface area contributed by atoms with Crippen LogP contribution in [-0.2, 0) is 0 Å². The van der Waals surface area contributed by atoms with E-state index in [0.717, 1.165) is 16.0 Å². The lowest BCUT2D eigenvalue weighted by Gasteiger charge is -1.99. The van der Waals surface area contributed by atoms with Crippen molar-refractivity contribution in [3.05, 3.63) is 47.3 Å². The predicted molar refractivity (Wildman–Crippen MR) is 58.6 cm³/mol. The smallest absolute Gasteiger partial charge is 0.159 e. The quantitative estimate of drug-likeness (QED) is 0.680. The van der Waals surface area contributed by atoms with Gasteiger partial charge in [0.05, 0.1) is 0 Å². The second-order valence-corrected chi connectivity index (χ2v) is 3.93. The van der Waals surface area contributed by atoms with Crippen LogP contribution in [0.1, 0.15) is 17.3 Å². The van der Waals surface area contributed by atoms with E-state index in [1.165, 1.54) is 0 Å². The van der Waals surface area contributed by atoms with E-state index in [2.05, 4.69) is 5.38 Å². The second-order valence-electron chi connectivity index (χ2n) is 3.05. The monoisotopic (exact) mass is 201 g/mol. The highest BCUT2D eigenvalue weighted by molar-refractivity contribution is 7.13.